The number of carbonyl (C=O) groups is 1. The largest absolute Gasteiger partial charge is 0.549 e. The minimum Gasteiger partial charge on any atom is -0.549 e. The lowest BCUT2D eigenvalue weighted by Gasteiger charge is -2.05. The molecule has 0 aliphatic carbocycles. The van der Waals surface area contributed by atoms with Crippen LogP contribution in [0.15, 0.2) is 29.2 Å². The molecule has 0 fully saturated rings. The van der Waals surface area contributed by atoms with Crippen molar-refractivity contribution in [2.75, 3.05) is 12.4 Å². The maximum Gasteiger partial charge on any atom is 0.119 e. The van der Waals surface area contributed by atoms with Crippen molar-refractivity contribution in [3.63, 3.8) is 0 Å². The Labute approximate surface area is 87.1 Å². The van der Waals surface area contributed by atoms with Crippen molar-refractivity contribution in [3.05, 3.63) is 24.3 Å². The third-order valence-corrected chi connectivity index (χ3v) is 2.48. The minimum absolute atomic E-state index is 0.0199. The van der Waals surface area contributed by atoms with Crippen molar-refractivity contribution in [1.29, 1.82) is 0 Å². The molecule has 76 valence electrons. The molecule has 0 N–H and O–H groups in total. The van der Waals surface area contributed by atoms with E-state index in [1.54, 1.807) is 0 Å². The topological polar surface area (TPSA) is 49.4 Å². The van der Waals surface area contributed by atoms with E-state index in [1.807, 2.05) is 31.2 Å². The van der Waals surface area contributed by atoms with Gasteiger partial charge in [-0.2, -0.15) is 0 Å². The average Bonchev–Trinajstić information content (AvgIpc) is 2.17. The second kappa shape index (κ2) is 5.54. The number of hydrogen-bond donors (Lipinski definition) is 0. The summed E-state index contributed by atoms with van der Waals surface area (Å²) >= 11 is 1.24. The van der Waals surface area contributed by atoms with E-state index in [-0.39, 0.29) is 5.75 Å². The second-order valence-electron chi connectivity index (χ2n) is 2.57. The van der Waals surface area contributed by atoms with Gasteiger partial charge in [0.1, 0.15) is 5.75 Å². The van der Waals surface area contributed by atoms with Gasteiger partial charge >= 0.3 is 0 Å². The van der Waals surface area contributed by atoms with Crippen molar-refractivity contribution in [2.45, 2.75) is 11.8 Å². The molecule has 1 aromatic carbocycles. The molecule has 0 aliphatic rings. The summed E-state index contributed by atoms with van der Waals surface area (Å²) in [6, 6.07) is 7.30. The van der Waals surface area contributed by atoms with Gasteiger partial charge < -0.3 is 14.6 Å². The van der Waals surface area contributed by atoms with E-state index in [9.17, 15) is 9.90 Å². The maximum absolute atomic E-state index is 10.2. The van der Waals surface area contributed by atoms with Crippen LogP contribution in [-0.2, 0) is 4.79 Å². The van der Waals surface area contributed by atoms with E-state index < -0.39 is 5.97 Å². The number of carbonyl (C=O) groups excluding carboxylic acids is 1. The number of carboxylic acid groups (broad SMARTS) is 1. The Hall–Kier alpha value is -1.16. The van der Waals surface area contributed by atoms with Crippen LogP contribution in [0.25, 0.3) is 0 Å². The molecule has 1 rings (SSSR count). The van der Waals surface area contributed by atoms with Gasteiger partial charge in [-0.25, -0.2) is 0 Å². The van der Waals surface area contributed by atoms with Crippen molar-refractivity contribution < 1.29 is 14.6 Å². The number of rotatable bonds is 5. The Balaban J connectivity index is 2.50. The van der Waals surface area contributed by atoms with Gasteiger partial charge in [-0.15, -0.1) is 11.8 Å². The molecule has 0 bridgehead atoms. The van der Waals surface area contributed by atoms with E-state index in [4.69, 9.17) is 4.74 Å². The van der Waals surface area contributed by atoms with Gasteiger partial charge in [-0.3, -0.25) is 0 Å². The molecule has 4 heteroatoms. The summed E-state index contributed by atoms with van der Waals surface area (Å²) in [7, 11) is 0. The number of carboxylic acids is 1. The Morgan fingerprint density at radius 2 is 2.07 bits per heavy atom. The van der Waals surface area contributed by atoms with E-state index >= 15 is 0 Å². The van der Waals surface area contributed by atoms with Crippen molar-refractivity contribution in [1.82, 2.24) is 0 Å². The van der Waals surface area contributed by atoms with Crippen LogP contribution in [0.1, 0.15) is 6.92 Å². The summed E-state index contributed by atoms with van der Waals surface area (Å²) in [6.45, 7) is 2.55. The van der Waals surface area contributed by atoms with Crippen LogP contribution in [0.2, 0.25) is 0 Å². The smallest absolute Gasteiger partial charge is 0.119 e. The van der Waals surface area contributed by atoms with Crippen LogP contribution >= 0.6 is 11.8 Å². The first-order valence-corrected chi connectivity index (χ1v) is 5.26. The normalized spacial score (nSPS) is 9.79. The molecule has 0 heterocycles. The SMILES string of the molecule is CCOc1ccc(SCC(=O)[O-])cc1. The highest BCUT2D eigenvalue weighted by Crippen LogP contribution is 2.20. The first-order chi connectivity index (χ1) is 6.72. The molecule has 0 amide bonds. The monoisotopic (exact) mass is 211 g/mol. The molecule has 0 saturated heterocycles. The molecule has 0 radical (unpaired) electrons. The van der Waals surface area contributed by atoms with Crippen molar-refractivity contribution >= 4 is 17.7 Å². The van der Waals surface area contributed by atoms with Crippen LogP contribution in [0.5, 0.6) is 5.75 Å². The van der Waals surface area contributed by atoms with Gasteiger partial charge in [0.15, 0.2) is 0 Å². The second-order valence-corrected chi connectivity index (χ2v) is 3.61. The molecule has 14 heavy (non-hydrogen) atoms. The Morgan fingerprint density at radius 3 is 2.57 bits per heavy atom. The Morgan fingerprint density at radius 1 is 1.43 bits per heavy atom. The lowest BCUT2D eigenvalue weighted by molar-refractivity contribution is -0.301. The Bertz CT molecular complexity index is 295. The quantitative estimate of drug-likeness (QED) is 0.680. The highest BCUT2D eigenvalue weighted by molar-refractivity contribution is 8.00. The maximum atomic E-state index is 10.2. The van der Waals surface area contributed by atoms with Crippen LogP contribution in [0.4, 0.5) is 0 Å². The van der Waals surface area contributed by atoms with Crippen LogP contribution in [0, 0.1) is 0 Å². The standard InChI is InChI=1S/C10H12O3S/c1-2-13-8-3-5-9(6-4-8)14-7-10(11)12/h3-6H,2,7H2,1H3,(H,11,12)/p-1. The Kier molecular flexibility index (Phi) is 4.32. The zero-order chi connectivity index (χ0) is 10.4. The van der Waals surface area contributed by atoms with Crippen molar-refractivity contribution in [3.8, 4) is 5.75 Å². The van der Waals surface area contributed by atoms with Gasteiger partial charge in [0.05, 0.1) is 12.6 Å². The molecule has 0 aromatic heterocycles. The first kappa shape index (κ1) is 10.9. The van der Waals surface area contributed by atoms with E-state index in [0.717, 1.165) is 10.6 Å². The van der Waals surface area contributed by atoms with Gasteiger partial charge in [0, 0.05) is 10.6 Å². The molecule has 0 saturated carbocycles. The summed E-state index contributed by atoms with van der Waals surface area (Å²) in [5, 5.41) is 10.2. The summed E-state index contributed by atoms with van der Waals surface area (Å²) < 4.78 is 5.25. The number of aliphatic carboxylic acids is 1. The number of benzene rings is 1. The molecule has 0 spiro atoms. The highest BCUT2D eigenvalue weighted by atomic mass is 32.2. The number of ether oxygens (including phenoxy) is 1. The lowest BCUT2D eigenvalue weighted by atomic mass is 10.3. The predicted octanol–water partition coefficient (Wildman–Crippen LogP) is 0.927. The lowest BCUT2D eigenvalue weighted by Crippen LogP contribution is -2.24. The molecule has 0 atom stereocenters. The van der Waals surface area contributed by atoms with Gasteiger partial charge in [-0.1, -0.05) is 0 Å². The van der Waals surface area contributed by atoms with Crippen LogP contribution in [0.3, 0.4) is 0 Å². The molecule has 0 aliphatic heterocycles. The molecule has 1 aromatic rings. The number of hydrogen-bond acceptors (Lipinski definition) is 4. The fraction of sp³-hybridized carbons (Fsp3) is 0.300. The summed E-state index contributed by atoms with van der Waals surface area (Å²) in [4.78, 5) is 11.1. The highest BCUT2D eigenvalue weighted by Gasteiger charge is 1.95. The predicted molar refractivity (Wildman–Crippen MR) is 53.3 cm³/mol. The first-order valence-electron chi connectivity index (χ1n) is 4.28. The zero-order valence-electron chi connectivity index (χ0n) is 7.86. The summed E-state index contributed by atoms with van der Waals surface area (Å²) in [6.07, 6.45) is 0. The summed E-state index contributed by atoms with van der Waals surface area (Å²) in [5.74, 6) is -0.275. The van der Waals surface area contributed by atoms with E-state index in [0.29, 0.717) is 6.61 Å². The third-order valence-electron chi connectivity index (χ3n) is 1.49. The van der Waals surface area contributed by atoms with Gasteiger partial charge in [-0.05, 0) is 31.2 Å². The van der Waals surface area contributed by atoms with Crippen molar-refractivity contribution in [2.24, 2.45) is 0 Å². The molecular weight excluding hydrogens is 200 g/mol. The van der Waals surface area contributed by atoms with Gasteiger partial charge in [0.2, 0.25) is 0 Å². The van der Waals surface area contributed by atoms with Crippen LogP contribution in [-0.4, -0.2) is 18.3 Å². The minimum atomic E-state index is -1.05. The van der Waals surface area contributed by atoms with E-state index in [2.05, 4.69) is 0 Å². The van der Waals surface area contributed by atoms with Gasteiger partial charge in [0.25, 0.3) is 0 Å². The number of thioether (sulfide) groups is 1. The van der Waals surface area contributed by atoms with Crippen LogP contribution < -0.4 is 9.84 Å². The van der Waals surface area contributed by atoms with E-state index in [1.165, 1.54) is 11.8 Å². The molecular formula is C10H11O3S-. The fourth-order valence-corrected chi connectivity index (χ4v) is 1.55. The zero-order valence-corrected chi connectivity index (χ0v) is 8.67. The fourth-order valence-electron chi connectivity index (χ4n) is 0.941. The third kappa shape index (κ3) is 3.70. The average molecular weight is 211 g/mol. The summed E-state index contributed by atoms with van der Waals surface area (Å²) in [5.41, 5.74) is 0. The molecule has 0 unspecified atom stereocenters. The molecule has 3 nitrogen and oxygen atoms in total.